The lowest BCUT2D eigenvalue weighted by molar-refractivity contribution is -0.116. The number of aromatic nitrogens is 1. The minimum Gasteiger partial charge on any atom is -0.326 e. The van der Waals surface area contributed by atoms with Crippen molar-refractivity contribution in [3.63, 3.8) is 0 Å². The van der Waals surface area contributed by atoms with Crippen LogP contribution in [0.1, 0.15) is 13.3 Å². The molecule has 0 saturated heterocycles. The third kappa shape index (κ3) is 4.53. The number of nitrogens with one attached hydrogen (secondary N) is 1. The van der Waals surface area contributed by atoms with E-state index in [1.807, 2.05) is 0 Å². The van der Waals surface area contributed by atoms with Crippen molar-refractivity contribution in [2.24, 2.45) is 0 Å². The largest absolute Gasteiger partial charge is 0.326 e. The van der Waals surface area contributed by atoms with Gasteiger partial charge in [-0.2, -0.15) is 0 Å². The molecule has 0 radical (unpaired) electrons. The molecule has 0 unspecified atom stereocenters. The van der Waals surface area contributed by atoms with Crippen LogP contribution >= 0.6 is 0 Å². The maximum Gasteiger partial charge on any atom is 0.250 e. The Morgan fingerprint density at radius 2 is 1.83 bits per heavy atom. The van der Waals surface area contributed by atoms with Crippen molar-refractivity contribution < 1.29 is 13.2 Å². The quantitative estimate of drug-likeness (QED) is 0.871. The number of nitrogens with zero attached hydrogens (tertiary/aromatic N) is 1. The number of anilines is 1. The predicted molar refractivity (Wildman–Crippen MR) is 88.1 cm³/mol. The second-order valence-electron chi connectivity index (χ2n) is 4.96. The standard InChI is InChI=1S/C16H18N2O4S/c1-2-23(21,22)14-8-6-13(7-9-14)17-15(19)10-12-18-11-4-3-5-16(18)20/h3-9,11H,2,10,12H2,1H3,(H,17,19). The molecule has 1 N–H and O–H groups in total. The second-order valence-corrected chi connectivity index (χ2v) is 7.24. The van der Waals surface area contributed by atoms with Gasteiger partial charge in [-0.15, -0.1) is 0 Å². The van der Waals surface area contributed by atoms with Gasteiger partial charge in [0.1, 0.15) is 0 Å². The van der Waals surface area contributed by atoms with E-state index in [4.69, 9.17) is 0 Å². The minimum absolute atomic E-state index is 0.0323. The van der Waals surface area contributed by atoms with E-state index in [2.05, 4.69) is 5.32 Å². The van der Waals surface area contributed by atoms with Crippen LogP contribution in [0.2, 0.25) is 0 Å². The van der Waals surface area contributed by atoms with Crippen molar-refractivity contribution in [2.75, 3.05) is 11.1 Å². The Hall–Kier alpha value is -2.41. The lowest BCUT2D eigenvalue weighted by atomic mass is 10.3. The van der Waals surface area contributed by atoms with Crippen molar-refractivity contribution >= 4 is 21.4 Å². The molecule has 0 aliphatic rings. The molecule has 2 aromatic rings. The summed E-state index contributed by atoms with van der Waals surface area (Å²) in [5, 5.41) is 2.68. The Bertz CT molecular complexity index is 839. The zero-order valence-corrected chi connectivity index (χ0v) is 13.5. The molecule has 1 heterocycles. The molecule has 23 heavy (non-hydrogen) atoms. The molecular formula is C16H18N2O4S. The molecule has 0 fully saturated rings. The highest BCUT2D eigenvalue weighted by atomic mass is 32.2. The predicted octanol–water partition coefficient (Wildman–Crippen LogP) is 1.67. The second kappa shape index (κ2) is 7.23. The number of amides is 1. The van der Waals surface area contributed by atoms with Crippen LogP contribution in [0, 0.1) is 0 Å². The molecule has 1 aromatic heterocycles. The lowest BCUT2D eigenvalue weighted by Crippen LogP contribution is -2.21. The van der Waals surface area contributed by atoms with Crippen molar-refractivity contribution in [2.45, 2.75) is 24.8 Å². The number of hydrogen-bond donors (Lipinski definition) is 1. The van der Waals surface area contributed by atoms with Gasteiger partial charge in [0.05, 0.1) is 10.6 Å². The fourth-order valence-electron chi connectivity index (χ4n) is 2.00. The van der Waals surface area contributed by atoms with Crippen LogP contribution in [0.4, 0.5) is 5.69 Å². The first-order valence-electron chi connectivity index (χ1n) is 7.20. The monoisotopic (exact) mass is 334 g/mol. The Morgan fingerprint density at radius 3 is 2.43 bits per heavy atom. The fraction of sp³-hybridized carbons (Fsp3) is 0.250. The average Bonchev–Trinajstić information content (AvgIpc) is 2.54. The number of carbonyl (C=O) groups is 1. The summed E-state index contributed by atoms with van der Waals surface area (Å²) >= 11 is 0. The smallest absolute Gasteiger partial charge is 0.250 e. The molecule has 0 atom stereocenters. The van der Waals surface area contributed by atoms with E-state index in [9.17, 15) is 18.0 Å². The molecule has 0 saturated carbocycles. The Morgan fingerprint density at radius 1 is 1.13 bits per heavy atom. The van der Waals surface area contributed by atoms with E-state index >= 15 is 0 Å². The van der Waals surface area contributed by atoms with E-state index in [1.165, 1.54) is 22.8 Å². The lowest BCUT2D eigenvalue weighted by Gasteiger charge is -2.08. The number of aryl methyl sites for hydroxylation is 1. The number of pyridine rings is 1. The molecule has 0 bridgehead atoms. The Balaban J connectivity index is 1.96. The maximum atomic E-state index is 11.9. The van der Waals surface area contributed by atoms with Crippen LogP contribution < -0.4 is 10.9 Å². The van der Waals surface area contributed by atoms with Gasteiger partial charge in [0.15, 0.2) is 9.84 Å². The molecule has 7 heteroatoms. The molecule has 1 amide bonds. The van der Waals surface area contributed by atoms with Crippen molar-refractivity contribution in [1.82, 2.24) is 4.57 Å². The first-order valence-corrected chi connectivity index (χ1v) is 8.86. The van der Waals surface area contributed by atoms with Crippen LogP contribution in [0.25, 0.3) is 0 Å². The highest BCUT2D eigenvalue weighted by Gasteiger charge is 2.11. The normalized spacial score (nSPS) is 11.2. The molecule has 2 rings (SSSR count). The van der Waals surface area contributed by atoms with Crippen LogP contribution in [0.3, 0.4) is 0 Å². The summed E-state index contributed by atoms with van der Waals surface area (Å²) in [6.07, 6.45) is 1.78. The summed E-state index contributed by atoms with van der Waals surface area (Å²) < 4.78 is 24.9. The first-order chi connectivity index (χ1) is 10.9. The van der Waals surface area contributed by atoms with Gasteiger partial charge in [0.25, 0.3) is 5.56 Å². The average molecular weight is 334 g/mol. The maximum absolute atomic E-state index is 11.9. The van der Waals surface area contributed by atoms with E-state index in [-0.39, 0.29) is 35.1 Å². The third-order valence-corrected chi connectivity index (χ3v) is 5.11. The summed E-state index contributed by atoms with van der Waals surface area (Å²) in [6.45, 7) is 1.87. The number of benzene rings is 1. The molecule has 0 spiro atoms. The first kappa shape index (κ1) is 17.0. The number of rotatable bonds is 6. The van der Waals surface area contributed by atoms with Crippen LogP contribution in [-0.4, -0.2) is 24.6 Å². The van der Waals surface area contributed by atoms with Gasteiger partial charge in [0.2, 0.25) is 5.91 Å². The Kier molecular flexibility index (Phi) is 5.33. The highest BCUT2D eigenvalue weighted by Crippen LogP contribution is 2.15. The number of sulfone groups is 1. The van der Waals surface area contributed by atoms with Crippen molar-refractivity contribution in [3.8, 4) is 0 Å². The Labute approximate surface area is 134 Å². The van der Waals surface area contributed by atoms with Gasteiger partial charge in [-0.05, 0) is 30.3 Å². The molecule has 6 nitrogen and oxygen atoms in total. The summed E-state index contributed by atoms with van der Waals surface area (Å²) in [4.78, 5) is 23.6. The van der Waals surface area contributed by atoms with Gasteiger partial charge in [-0.25, -0.2) is 8.42 Å². The van der Waals surface area contributed by atoms with Crippen molar-refractivity contribution in [3.05, 3.63) is 59.0 Å². The topological polar surface area (TPSA) is 85.2 Å². The van der Waals surface area contributed by atoms with Gasteiger partial charge in [-0.1, -0.05) is 13.0 Å². The summed E-state index contributed by atoms with van der Waals surface area (Å²) in [5.74, 6) is -0.211. The van der Waals surface area contributed by atoms with Crippen LogP contribution in [-0.2, 0) is 21.2 Å². The molecular weight excluding hydrogens is 316 g/mol. The summed E-state index contributed by atoms with van der Waals surface area (Å²) in [7, 11) is -3.25. The molecule has 0 aliphatic carbocycles. The number of carbonyl (C=O) groups excluding carboxylic acids is 1. The van der Waals surface area contributed by atoms with Gasteiger partial charge >= 0.3 is 0 Å². The van der Waals surface area contributed by atoms with Crippen LogP contribution in [0.15, 0.2) is 58.4 Å². The van der Waals surface area contributed by atoms with Gasteiger partial charge in [0, 0.05) is 30.9 Å². The minimum atomic E-state index is -3.25. The van der Waals surface area contributed by atoms with Gasteiger partial charge in [-0.3, -0.25) is 9.59 Å². The van der Waals surface area contributed by atoms with Crippen molar-refractivity contribution in [1.29, 1.82) is 0 Å². The fourth-order valence-corrected chi connectivity index (χ4v) is 2.89. The van der Waals surface area contributed by atoms with Gasteiger partial charge < -0.3 is 9.88 Å². The summed E-state index contributed by atoms with van der Waals surface area (Å²) in [5.41, 5.74) is 0.361. The summed E-state index contributed by atoms with van der Waals surface area (Å²) in [6, 6.07) is 10.8. The van der Waals surface area contributed by atoms with E-state index in [0.29, 0.717) is 5.69 Å². The number of hydrogen-bond acceptors (Lipinski definition) is 4. The zero-order valence-electron chi connectivity index (χ0n) is 12.7. The molecule has 1 aromatic carbocycles. The highest BCUT2D eigenvalue weighted by molar-refractivity contribution is 7.91. The SMILES string of the molecule is CCS(=O)(=O)c1ccc(NC(=O)CCn2ccccc2=O)cc1. The van der Waals surface area contributed by atoms with E-state index < -0.39 is 9.84 Å². The van der Waals surface area contributed by atoms with E-state index in [0.717, 1.165) is 0 Å². The van der Waals surface area contributed by atoms with Crippen LogP contribution in [0.5, 0.6) is 0 Å². The zero-order chi connectivity index (χ0) is 16.9. The molecule has 0 aliphatic heterocycles. The third-order valence-electron chi connectivity index (χ3n) is 3.36. The molecule has 122 valence electrons. The van der Waals surface area contributed by atoms with E-state index in [1.54, 1.807) is 37.4 Å².